The number of carbonyl (C=O) groups is 2. The molecule has 1 saturated heterocycles. The third-order valence-electron chi connectivity index (χ3n) is 4.40. The van der Waals surface area contributed by atoms with E-state index in [4.69, 9.17) is 0 Å². The Balaban J connectivity index is 1.56. The van der Waals surface area contributed by atoms with Gasteiger partial charge in [-0.15, -0.1) is 0 Å². The van der Waals surface area contributed by atoms with E-state index in [1.165, 1.54) is 12.1 Å². The maximum atomic E-state index is 12.9. The lowest BCUT2D eigenvalue weighted by Gasteiger charge is -2.18. The Morgan fingerprint density at radius 1 is 1.15 bits per heavy atom. The molecule has 0 aromatic heterocycles. The van der Waals surface area contributed by atoms with E-state index in [2.05, 4.69) is 16.7 Å². The number of rotatable bonds is 4. The molecule has 6 heteroatoms. The van der Waals surface area contributed by atoms with Crippen LogP contribution in [0.1, 0.15) is 23.1 Å². The van der Waals surface area contributed by atoms with Gasteiger partial charge in [0.2, 0.25) is 5.91 Å². The molecule has 26 heavy (non-hydrogen) atoms. The second kappa shape index (κ2) is 7.56. The van der Waals surface area contributed by atoms with E-state index in [-0.39, 0.29) is 18.3 Å². The van der Waals surface area contributed by atoms with Gasteiger partial charge in [-0.05, 0) is 61.2 Å². The molecular formula is C20H22FN3O2. The minimum atomic E-state index is -0.538. The summed E-state index contributed by atoms with van der Waals surface area (Å²) in [5.74, 6) is -0.423. The lowest BCUT2D eigenvalue weighted by atomic mass is 10.1. The normalized spacial score (nSPS) is 16.7. The number of hydrogen-bond donors (Lipinski definition) is 2. The van der Waals surface area contributed by atoms with Crippen molar-refractivity contribution in [3.63, 3.8) is 0 Å². The number of nitrogens with one attached hydrogen (secondary N) is 2. The number of carbonyl (C=O) groups excluding carboxylic acids is 2. The van der Waals surface area contributed by atoms with E-state index in [0.717, 1.165) is 22.4 Å². The van der Waals surface area contributed by atoms with Crippen LogP contribution in [0.3, 0.4) is 0 Å². The fraction of sp³-hybridized carbons (Fsp3) is 0.300. The van der Waals surface area contributed by atoms with Gasteiger partial charge in [-0.1, -0.05) is 18.2 Å². The van der Waals surface area contributed by atoms with Crippen molar-refractivity contribution in [1.29, 1.82) is 0 Å². The minimum absolute atomic E-state index is 0.105. The highest BCUT2D eigenvalue weighted by Gasteiger charge is 2.33. The summed E-state index contributed by atoms with van der Waals surface area (Å²) < 4.78 is 12.9. The number of urea groups is 1. The fourth-order valence-electron chi connectivity index (χ4n) is 3.17. The second-order valence-electron chi connectivity index (χ2n) is 6.63. The van der Waals surface area contributed by atoms with Crippen molar-refractivity contribution >= 4 is 17.6 Å². The molecule has 1 aliphatic rings. The van der Waals surface area contributed by atoms with Crippen molar-refractivity contribution in [2.75, 3.05) is 11.4 Å². The van der Waals surface area contributed by atoms with Crippen LogP contribution < -0.4 is 15.5 Å². The van der Waals surface area contributed by atoms with Crippen LogP contribution in [0.2, 0.25) is 0 Å². The quantitative estimate of drug-likeness (QED) is 0.886. The predicted octanol–water partition coefficient (Wildman–Crippen LogP) is 3.05. The summed E-state index contributed by atoms with van der Waals surface area (Å²) >= 11 is 0. The number of benzene rings is 2. The molecule has 3 amide bonds. The first-order chi connectivity index (χ1) is 12.4. The second-order valence-corrected chi connectivity index (χ2v) is 6.63. The third kappa shape index (κ3) is 4.20. The van der Waals surface area contributed by atoms with Crippen LogP contribution in [0, 0.1) is 19.7 Å². The Morgan fingerprint density at radius 3 is 2.46 bits per heavy atom. The van der Waals surface area contributed by atoms with E-state index in [1.54, 1.807) is 17.0 Å². The average Bonchev–Trinajstić information content (AvgIpc) is 2.94. The first-order valence-corrected chi connectivity index (χ1v) is 8.61. The molecule has 0 saturated carbocycles. The Kier molecular flexibility index (Phi) is 5.21. The van der Waals surface area contributed by atoms with Crippen molar-refractivity contribution in [3.05, 3.63) is 65.0 Å². The van der Waals surface area contributed by atoms with E-state index in [1.807, 2.05) is 26.0 Å². The summed E-state index contributed by atoms with van der Waals surface area (Å²) in [5, 5.41) is 5.42. The highest BCUT2D eigenvalue weighted by atomic mass is 19.1. The molecule has 1 atom stereocenters. The molecule has 0 bridgehead atoms. The summed E-state index contributed by atoms with van der Waals surface area (Å²) in [6.45, 7) is 4.84. The Labute approximate surface area is 152 Å². The highest BCUT2D eigenvalue weighted by molar-refractivity contribution is 6.01. The Hall–Kier alpha value is -2.89. The van der Waals surface area contributed by atoms with E-state index in [0.29, 0.717) is 13.0 Å². The number of nitrogens with zero attached hydrogens (tertiary/aromatic N) is 1. The summed E-state index contributed by atoms with van der Waals surface area (Å²) in [5.41, 5.74) is 3.85. The lowest BCUT2D eigenvalue weighted by molar-refractivity contribution is -0.118. The molecule has 2 aromatic carbocycles. The molecule has 5 nitrogen and oxygen atoms in total. The summed E-state index contributed by atoms with van der Waals surface area (Å²) in [6, 6.07) is 11.0. The molecule has 136 valence electrons. The summed E-state index contributed by atoms with van der Waals surface area (Å²) in [7, 11) is 0. The Bertz CT molecular complexity index is 800. The molecule has 2 N–H and O–H groups in total. The molecular weight excluding hydrogens is 333 g/mol. The van der Waals surface area contributed by atoms with Gasteiger partial charge in [0.25, 0.3) is 0 Å². The van der Waals surface area contributed by atoms with E-state index >= 15 is 0 Å². The van der Waals surface area contributed by atoms with Crippen molar-refractivity contribution in [2.24, 2.45) is 0 Å². The molecule has 2 aromatic rings. The van der Waals surface area contributed by atoms with E-state index in [9.17, 15) is 14.0 Å². The monoisotopic (exact) mass is 355 g/mol. The molecule has 1 aliphatic heterocycles. The first-order valence-electron chi connectivity index (χ1n) is 8.61. The molecule has 1 fully saturated rings. The van der Waals surface area contributed by atoms with E-state index < -0.39 is 12.1 Å². The van der Waals surface area contributed by atoms with Crippen molar-refractivity contribution in [1.82, 2.24) is 10.6 Å². The van der Waals surface area contributed by atoms with Gasteiger partial charge in [0.1, 0.15) is 11.9 Å². The largest absolute Gasteiger partial charge is 0.334 e. The zero-order chi connectivity index (χ0) is 18.7. The van der Waals surface area contributed by atoms with Gasteiger partial charge in [0.05, 0.1) is 0 Å². The number of halogens is 1. The van der Waals surface area contributed by atoms with Gasteiger partial charge in [0, 0.05) is 18.8 Å². The third-order valence-corrected chi connectivity index (χ3v) is 4.40. The van der Waals surface area contributed by atoms with Gasteiger partial charge in [-0.25, -0.2) is 9.18 Å². The number of aryl methyl sites for hydroxylation is 2. The number of anilines is 1. The summed E-state index contributed by atoms with van der Waals surface area (Å²) in [6.07, 6.45) is 0.565. The van der Waals surface area contributed by atoms with Gasteiger partial charge >= 0.3 is 6.03 Å². The molecule has 0 radical (unpaired) electrons. The topological polar surface area (TPSA) is 61.4 Å². The molecule has 0 aliphatic carbocycles. The molecule has 1 heterocycles. The van der Waals surface area contributed by atoms with Crippen LogP contribution in [0.4, 0.5) is 14.9 Å². The lowest BCUT2D eigenvalue weighted by Crippen LogP contribution is -2.46. The van der Waals surface area contributed by atoms with Crippen molar-refractivity contribution < 1.29 is 14.0 Å². The van der Waals surface area contributed by atoms with Gasteiger partial charge in [-0.2, -0.15) is 0 Å². The predicted molar refractivity (Wildman–Crippen MR) is 98.4 cm³/mol. The van der Waals surface area contributed by atoms with Crippen LogP contribution in [0.25, 0.3) is 0 Å². The SMILES string of the molecule is Cc1cc(C)cc(N2CC[C@H](NC(=O)NCc3ccc(F)cc3)C2=O)c1. The fourth-order valence-corrected chi connectivity index (χ4v) is 3.17. The Morgan fingerprint density at radius 2 is 1.81 bits per heavy atom. The standard InChI is InChI=1S/C20H22FN3O2/c1-13-9-14(2)11-17(10-13)24-8-7-18(19(24)25)23-20(26)22-12-15-3-5-16(21)6-4-15/h3-6,9-11,18H,7-8,12H2,1-2H3,(H2,22,23,26)/t18-/m0/s1. The van der Waals surface area contributed by atoms with Crippen LogP contribution >= 0.6 is 0 Å². The maximum Gasteiger partial charge on any atom is 0.315 e. The molecule has 0 spiro atoms. The number of hydrogen-bond acceptors (Lipinski definition) is 2. The highest BCUT2D eigenvalue weighted by Crippen LogP contribution is 2.24. The summed E-state index contributed by atoms with van der Waals surface area (Å²) in [4.78, 5) is 26.4. The maximum absolute atomic E-state index is 12.9. The van der Waals surface area contributed by atoms with Crippen LogP contribution in [-0.4, -0.2) is 24.5 Å². The van der Waals surface area contributed by atoms with Crippen molar-refractivity contribution in [2.45, 2.75) is 32.9 Å². The van der Waals surface area contributed by atoms with Crippen LogP contribution in [-0.2, 0) is 11.3 Å². The molecule has 0 unspecified atom stereocenters. The van der Waals surface area contributed by atoms with Crippen LogP contribution in [0.5, 0.6) is 0 Å². The average molecular weight is 355 g/mol. The van der Waals surface area contributed by atoms with Crippen molar-refractivity contribution in [3.8, 4) is 0 Å². The molecule has 3 rings (SSSR count). The minimum Gasteiger partial charge on any atom is -0.334 e. The first kappa shape index (κ1) is 17.9. The van der Waals surface area contributed by atoms with Crippen LogP contribution in [0.15, 0.2) is 42.5 Å². The zero-order valence-electron chi connectivity index (χ0n) is 14.9. The van der Waals surface area contributed by atoms with Gasteiger partial charge in [-0.3, -0.25) is 4.79 Å². The van der Waals surface area contributed by atoms with Gasteiger partial charge < -0.3 is 15.5 Å². The van der Waals surface area contributed by atoms with Gasteiger partial charge in [0.15, 0.2) is 0 Å². The smallest absolute Gasteiger partial charge is 0.315 e. The number of amides is 3. The zero-order valence-corrected chi connectivity index (χ0v) is 14.9.